The fraction of sp³-hybridized carbons (Fsp3) is 0.500. The predicted molar refractivity (Wildman–Crippen MR) is 74.4 cm³/mol. The first-order chi connectivity index (χ1) is 9.00. The topological polar surface area (TPSA) is 46.5 Å². The molecule has 0 saturated heterocycles. The first-order valence-electron chi connectivity index (χ1n) is 6.24. The number of hydrogen-bond acceptors (Lipinski definition) is 3. The molecule has 0 amide bonds. The molecule has 1 N–H and O–H groups in total. The minimum Gasteiger partial charge on any atom is -0.478 e. The van der Waals surface area contributed by atoms with Crippen molar-refractivity contribution < 1.29 is 19.0 Å². The standard InChI is InChI=1S/C14H19FO3S/c1-10(2)5-6-18-7-8-19-11-3-4-13(15)12(9-11)14(16)17/h3-4,9-10H,5-8H2,1-2H3,(H,16,17). The number of aromatic carboxylic acids is 1. The third kappa shape index (κ3) is 6.07. The molecule has 0 saturated carbocycles. The first-order valence-corrected chi connectivity index (χ1v) is 7.22. The van der Waals surface area contributed by atoms with Gasteiger partial charge in [0.2, 0.25) is 0 Å². The van der Waals surface area contributed by atoms with Crippen LogP contribution in [0.2, 0.25) is 0 Å². The quantitative estimate of drug-likeness (QED) is 0.585. The van der Waals surface area contributed by atoms with Gasteiger partial charge in [0.1, 0.15) is 5.82 Å². The summed E-state index contributed by atoms with van der Waals surface area (Å²) in [5.41, 5.74) is -0.286. The average molecular weight is 286 g/mol. The molecule has 0 bridgehead atoms. The molecule has 0 atom stereocenters. The molecule has 0 fully saturated rings. The van der Waals surface area contributed by atoms with Gasteiger partial charge < -0.3 is 9.84 Å². The molecule has 19 heavy (non-hydrogen) atoms. The lowest BCUT2D eigenvalue weighted by molar-refractivity contribution is 0.0691. The van der Waals surface area contributed by atoms with Crippen LogP contribution in [0, 0.1) is 11.7 Å². The number of hydrogen-bond donors (Lipinski definition) is 1. The number of carboxylic acid groups (broad SMARTS) is 1. The molecule has 0 radical (unpaired) electrons. The summed E-state index contributed by atoms with van der Waals surface area (Å²) in [6, 6.07) is 4.13. The molecule has 1 aromatic rings. The van der Waals surface area contributed by atoms with Crippen molar-refractivity contribution in [2.24, 2.45) is 5.92 Å². The van der Waals surface area contributed by atoms with Crippen LogP contribution in [0.15, 0.2) is 23.1 Å². The summed E-state index contributed by atoms with van der Waals surface area (Å²) in [6.45, 7) is 5.63. The Kier molecular flexibility index (Phi) is 6.87. The van der Waals surface area contributed by atoms with Crippen LogP contribution in [0.3, 0.4) is 0 Å². The zero-order chi connectivity index (χ0) is 14.3. The maximum absolute atomic E-state index is 13.2. The lowest BCUT2D eigenvalue weighted by Gasteiger charge is -2.07. The molecule has 1 rings (SSSR count). The largest absolute Gasteiger partial charge is 0.478 e. The summed E-state index contributed by atoms with van der Waals surface area (Å²) in [5, 5.41) is 8.81. The van der Waals surface area contributed by atoms with Crippen molar-refractivity contribution in [1.29, 1.82) is 0 Å². The molecule has 0 aliphatic heterocycles. The SMILES string of the molecule is CC(C)CCOCCSc1ccc(F)c(C(=O)O)c1. The molecule has 106 valence electrons. The van der Waals surface area contributed by atoms with E-state index in [1.54, 1.807) is 6.07 Å². The number of carbonyl (C=O) groups is 1. The summed E-state index contributed by atoms with van der Waals surface area (Å²) in [6.07, 6.45) is 1.03. The number of thioether (sulfide) groups is 1. The van der Waals surface area contributed by atoms with Gasteiger partial charge >= 0.3 is 5.97 Å². The molecule has 1 aromatic carbocycles. The van der Waals surface area contributed by atoms with Gasteiger partial charge in [-0.15, -0.1) is 11.8 Å². The normalized spacial score (nSPS) is 10.9. The Morgan fingerprint density at radius 2 is 2.16 bits per heavy atom. The summed E-state index contributed by atoms with van der Waals surface area (Å²) in [4.78, 5) is 11.5. The molecule has 5 heteroatoms. The van der Waals surface area contributed by atoms with Crippen LogP contribution in [0.25, 0.3) is 0 Å². The second-order valence-electron chi connectivity index (χ2n) is 4.59. The van der Waals surface area contributed by atoms with Crippen molar-refractivity contribution in [3.63, 3.8) is 0 Å². The van der Waals surface area contributed by atoms with E-state index in [1.165, 1.54) is 23.9 Å². The number of ether oxygens (including phenoxy) is 1. The van der Waals surface area contributed by atoms with Crippen LogP contribution in [-0.4, -0.2) is 30.0 Å². The van der Waals surface area contributed by atoms with Crippen LogP contribution in [-0.2, 0) is 4.74 Å². The molecule has 0 aliphatic carbocycles. The van der Waals surface area contributed by atoms with Gasteiger partial charge in [0.25, 0.3) is 0 Å². The molecular weight excluding hydrogens is 267 g/mol. The van der Waals surface area contributed by atoms with Gasteiger partial charge in [0.05, 0.1) is 12.2 Å². The van der Waals surface area contributed by atoms with Crippen LogP contribution in [0.4, 0.5) is 4.39 Å². The fourth-order valence-corrected chi connectivity index (χ4v) is 2.20. The van der Waals surface area contributed by atoms with E-state index in [0.29, 0.717) is 12.5 Å². The molecule has 0 aromatic heterocycles. The van der Waals surface area contributed by atoms with Gasteiger partial charge in [0.15, 0.2) is 0 Å². The molecule has 3 nitrogen and oxygen atoms in total. The van der Waals surface area contributed by atoms with Crippen molar-refractivity contribution >= 4 is 17.7 Å². The van der Waals surface area contributed by atoms with Crippen LogP contribution < -0.4 is 0 Å². The fourth-order valence-electron chi connectivity index (χ4n) is 1.40. The Hall–Kier alpha value is -1.07. The minimum atomic E-state index is -1.24. The van der Waals surface area contributed by atoms with E-state index < -0.39 is 11.8 Å². The van der Waals surface area contributed by atoms with Crippen molar-refractivity contribution in [2.45, 2.75) is 25.2 Å². The summed E-state index contributed by atoms with van der Waals surface area (Å²) in [7, 11) is 0. The molecule has 0 aliphatic rings. The highest BCUT2D eigenvalue weighted by Crippen LogP contribution is 2.21. The highest BCUT2D eigenvalue weighted by Gasteiger charge is 2.10. The van der Waals surface area contributed by atoms with E-state index in [1.807, 2.05) is 0 Å². The molecule has 0 heterocycles. The van der Waals surface area contributed by atoms with Crippen molar-refractivity contribution in [1.82, 2.24) is 0 Å². The lowest BCUT2D eigenvalue weighted by Crippen LogP contribution is -2.03. The highest BCUT2D eigenvalue weighted by atomic mass is 32.2. The number of benzene rings is 1. The Bertz CT molecular complexity index is 421. The minimum absolute atomic E-state index is 0.286. The maximum Gasteiger partial charge on any atom is 0.338 e. The van der Waals surface area contributed by atoms with E-state index in [0.717, 1.165) is 23.7 Å². The Balaban J connectivity index is 2.34. The van der Waals surface area contributed by atoms with E-state index in [2.05, 4.69) is 13.8 Å². The third-order valence-electron chi connectivity index (χ3n) is 2.50. The van der Waals surface area contributed by atoms with E-state index in [4.69, 9.17) is 9.84 Å². The molecule has 0 unspecified atom stereocenters. The van der Waals surface area contributed by atoms with E-state index in [9.17, 15) is 9.18 Å². The zero-order valence-electron chi connectivity index (χ0n) is 11.2. The monoisotopic (exact) mass is 286 g/mol. The van der Waals surface area contributed by atoms with Gasteiger partial charge in [-0.2, -0.15) is 0 Å². The molecular formula is C14H19FO3S. The van der Waals surface area contributed by atoms with Gasteiger partial charge in [-0.1, -0.05) is 13.8 Å². The Morgan fingerprint density at radius 3 is 2.79 bits per heavy atom. The van der Waals surface area contributed by atoms with Crippen LogP contribution >= 0.6 is 11.8 Å². The number of rotatable bonds is 8. The van der Waals surface area contributed by atoms with Gasteiger partial charge in [0, 0.05) is 17.3 Å². The number of carboxylic acids is 1. The van der Waals surface area contributed by atoms with Crippen molar-refractivity contribution in [2.75, 3.05) is 19.0 Å². The number of halogens is 1. The summed E-state index contributed by atoms with van der Waals surface area (Å²) < 4.78 is 18.6. The predicted octanol–water partition coefficient (Wildman–Crippen LogP) is 3.68. The van der Waals surface area contributed by atoms with Gasteiger partial charge in [-0.3, -0.25) is 0 Å². The Labute approximate surface area is 117 Å². The second-order valence-corrected chi connectivity index (χ2v) is 5.76. The van der Waals surface area contributed by atoms with E-state index >= 15 is 0 Å². The second kappa shape index (κ2) is 8.17. The maximum atomic E-state index is 13.2. The molecule has 0 spiro atoms. The first kappa shape index (κ1) is 16.0. The summed E-state index contributed by atoms with van der Waals surface area (Å²) >= 11 is 1.46. The smallest absolute Gasteiger partial charge is 0.338 e. The van der Waals surface area contributed by atoms with Crippen molar-refractivity contribution in [3.05, 3.63) is 29.6 Å². The average Bonchev–Trinajstić information content (AvgIpc) is 2.34. The van der Waals surface area contributed by atoms with Crippen molar-refractivity contribution in [3.8, 4) is 0 Å². The van der Waals surface area contributed by atoms with Crippen LogP contribution in [0.1, 0.15) is 30.6 Å². The lowest BCUT2D eigenvalue weighted by atomic mass is 10.1. The van der Waals surface area contributed by atoms with E-state index in [-0.39, 0.29) is 5.56 Å². The highest BCUT2D eigenvalue weighted by molar-refractivity contribution is 7.99. The summed E-state index contributed by atoms with van der Waals surface area (Å²) in [5.74, 6) is -0.593. The third-order valence-corrected chi connectivity index (χ3v) is 3.46. The van der Waals surface area contributed by atoms with Gasteiger partial charge in [-0.05, 0) is 30.5 Å². The van der Waals surface area contributed by atoms with Gasteiger partial charge in [-0.25, -0.2) is 9.18 Å². The van der Waals surface area contributed by atoms with Crippen LogP contribution in [0.5, 0.6) is 0 Å². The zero-order valence-corrected chi connectivity index (χ0v) is 12.0. The Morgan fingerprint density at radius 1 is 1.42 bits per heavy atom.